The van der Waals surface area contributed by atoms with Crippen molar-refractivity contribution in [2.24, 2.45) is 5.41 Å². The maximum atomic E-state index is 12.6. The van der Waals surface area contributed by atoms with Gasteiger partial charge >= 0.3 is 0 Å². The summed E-state index contributed by atoms with van der Waals surface area (Å²) in [5, 5.41) is 0. The van der Waals surface area contributed by atoms with Gasteiger partial charge < -0.3 is 0 Å². The molecular formula is C13H20BrNO2S2. The van der Waals surface area contributed by atoms with Gasteiger partial charge in [-0.05, 0) is 52.7 Å². The fraction of sp³-hybridized carbons (Fsp3) is 0.692. The van der Waals surface area contributed by atoms with E-state index in [1.807, 2.05) is 6.92 Å². The predicted molar refractivity (Wildman–Crippen MR) is 83.1 cm³/mol. The van der Waals surface area contributed by atoms with E-state index in [9.17, 15) is 8.42 Å². The van der Waals surface area contributed by atoms with Gasteiger partial charge in [0.25, 0.3) is 10.0 Å². The van der Waals surface area contributed by atoms with Crippen LogP contribution < -0.4 is 0 Å². The minimum atomic E-state index is -3.30. The van der Waals surface area contributed by atoms with Gasteiger partial charge in [-0.1, -0.05) is 20.3 Å². The highest BCUT2D eigenvalue weighted by Gasteiger charge is 2.35. The van der Waals surface area contributed by atoms with Gasteiger partial charge in [0, 0.05) is 13.1 Å². The van der Waals surface area contributed by atoms with Crippen molar-refractivity contribution in [1.82, 2.24) is 4.31 Å². The topological polar surface area (TPSA) is 37.4 Å². The standard InChI is InChI=1S/C13H20BrNO2S2/c1-4-13(3)5-7-15(8-6-13)19(16,17)11-9-10(2)12(14)18-11/h9H,4-8H2,1-3H3. The third-order valence-corrected chi connectivity index (χ3v) is 8.70. The lowest BCUT2D eigenvalue weighted by Crippen LogP contribution is -2.41. The van der Waals surface area contributed by atoms with E-state index in [4.69, 9.17) is 0 Å². The monoisotopic (exact) mass is 365 g/mol. The lowest BCUT2D eigenvalue weighted by Gasteiger charge is -2.37. The molecule has 1 aliphatic heterocycles. The number of nitrogens with zero attached hydrogens (tertiary/aromatic N) is 1. The van der Waals surface area contributed by atoms with E-state index in [2.05, 4.69) is 29.8 Å². The number of piperidine rings is 1. The lowest BCUT2D eigenvalue weighted by atomic mass is 9.79. The molecule has 108 valence electrons. The first kappa shape index (κ1) is 15.5. The van der Waals surface area contributed by atoms with Crippen LogP contribution in [0, 0.1) is 12.3 Å². The molecule has 0 N–H and O–H groups in total. The highest BCUT2D eigenvalue weighted by Crippen LogP contribution is 2.38. The Kier molecular flexibility index (Phi) is 4.45. The third kappa shape index (κ3) is 3.06. The number of halogens is 1. The Balaban J connectivity index is 2.18. The molecule has 0 bridgehead atoms. The number of thiophene rings is 1. The van der Waals surface area contributed by atoms with Crippen LogP contribution in [0.25, 0.3) is 0 Å². The van der Waals surface area contributed by atoms with Crippen LogP contribution in [-0.4, -0.2) is 25.8 Å². The van der Waals surface area contributed by atoms with Crippen molar-refractivity contribution in [3.05, 3.63) is 15.4 Å². The zero-order chi connectivity index (χ0) is 14.3. The highest BCUT2D eigenvalue weighted by molar-refractivity contribution is 9.11. The van der Waals surface area contributed by atoms with Crippen LogP contribution in [0.15, 0.2) is 14.1 Å². The summed E-state index contributed by atoms with van der Waals surface area (Å²) in [5.74, 6) is 0. The second kappa shape index (κ2) is 5.47. The minimum absolute atomic E-state index is 0.304. The van der Waals surface area contributed by atoms with Crippen LogP contribution in [0.5, 0.6) is 0 Å². The largest absolute Gasteiger partial charge is 0.252 e. The molecule has 0 amide bonds. The summed E-state index contributed by atoms with van der Waals surface area (Å²) in [5.41, 5.74) is 1.29. The number of sulfonamides is 1. The molecule has 2 rings (SSSR count). The number of hydrogen-bond acceptors (Lipinski definition) is 3. The maximum Gasteiger partial charge on any atom is 0.252 e. The SMILES string of the molecule is CCC1(C)CCN(S(=O)(=O)c2cc(C)c(Br)s2)CC1. The molecule has 0 atom stereocenters. The zero-order valence-corrected chi connectivity index (χ0v) is 14.8. The Morgan fingerprint density at radius 1 is 1.42 bits per heavy atom. The van der Waals surface area contributed by atoms with E-state index in [-0.39, 0.29) is 0 Å². The van der Waals surface area contributed by atoms with Crippen LogP contribution in [-0.2, 0) is 10.0 Å². The molecule has 3 nitrogen and oxygen atoms in total. The van der Waals surface area contributed by atoms with Gasteiger partial charge in [-0.2, -0.15) is 4.31 Å². The molecular weight excluding hydrogens is 346 g/mol. The molecule has 6 heteroatoms. The van der Waals surface area contributed by atoms with Crippen molar-refractivity contribution < 1.29 is 8.42 Å². The molecule has 0 saturated carbocycles. The minimum Gasteiger partial charge on any atom is -0.206 e. The first-order valence-electron chi connectivity index (χ1n) is 6.54. The first-order valence-corrected chi connectivity index (χ1v) is 9.59. The molecule has 0 aliphatic carbocycles. The Morgan fingerprint density at radius 3 is 2.42 bits per heavy atom. The van der Waals surface area contributed by atoms with Gasteiger partial charge in [-0.3, -0.25) is 0 Å². The van der Waals surface area contributed by atoms with Crippen molar-refractivity contribution in [2.45, 2.75) is 44.2 Å². The van der Waals surface area contributed by atoms with Crippen LogP contribution in [0.3, 0.4) is 0 Å². The van der Waals surface area contributed by atoms with Gasteiger partial charge in [0.1, 0.15) is 4.21 Å². The summed E-state index contributed by atoms with van der Waals surface area (Å²) in [7, 11) is -3.30. The number of rotatable bonds is 3. The van der Waals surface area contributed by atoms with E-state index >= 15 is 0 Å². The van der Waals surface area contributed by atoms with Crippen LogP contribution in [0.1, 0.15) is 38.7 Å². The average Bonchev–Trinajstić information content (AvgIpc) is 2.71. The van der Waals surface area contributed by atoms with Gasteiger partial charge in [0.2, 0.25) is 0 Å². The molecule has 1 saturated heterocycles. The van der Waals surface area contributed by atoms with Crippen LogP contribution >= 0.6 is 27.3 Å². The van der Waals surface area contributed by atoms with E-state index in [0.717, 1.165) is 28.6 Å². The highest BCUT2D eigenvalue weighted by atomic mass is 79.9. The Bertz CT molecular complexity index is 538. The molecule has 1 aliphatic rings. The van der Waals surface area contributed by atoms with Crippen LogP contribution in [0.2, 0.25) is 0 Å². The van der Waals surface area contributed by atoms with E-state index in [1.165, 1.54) is 11.3 Å². The van der Waals surface area contributed by atoms with Gasteiger partial charge in [-0.15, -0.1) is 11.3 Å². The van der Waals surface area contributed by atoms with Crippen molar-refractivity contribution in [2.75, 3.05) is 13.1 Å². The fourth-order valence-electron chi connectivity index (χ4n) is 2.31. The van der Waals surface area contributed by atoms with Crippen molar-refractivity contribution >= 4 is 37.3 Å². The Hall–Kier alpha value is 0.0900. The van der Waals surface area contributed by atoms with Gasteiger partial charge in [-0.25, -0.2) is 8.42 Å². The third-order valence-electron chi connectivity index (χ3n) is 4.21. The second-order valence-electron chi connectivity index (χ2n) is 5.59. The maximum absolute atomic E-state index is 12.6. The molecule has 0 spiro atoms. The summed E-state index contributed by atoms with van der Waals surface area (Å²) >= 11 is 4.71. The average molecular weight is 366 g/mol. The van der Waals surface area contributed by atoms with Gasteiger partial charge in [0.15, 0.2) is 0 Å². The summed E-state index contributed by atoms with van der Waals surface area (Å²) < 4.78 is 28.1. The van der Waals surface area contributed by atoms with Crippen LogP contribution in [0.4, 0.5) is 0 Å². The normalized spacial score (nSPS) is 20.6. The van der Waals surface area contributed by atoms with Crippen molar-refractivity contribution in [3.8, 4) is 0 Å². The van der Waals surface area contributed by atoms with Gasteiger partial charge in [0.05, 0.1) is 3.79 Å². The molecule has 0 radical (unpaired) electrons. The number of hydrogen-bond donors (Lipinski definition) is 0. The quantitative estimate of drug-likeness (QED) is 0.810. The molecule has 1 aromatic heterocycles. The van der Waals surface area contributed by atoms with E-state index in [0.29, 0.717) is 22.7 Å². The molecule has 1 aromatic rings. The molecule has 0 aromatic carbocycles. The lowest BCUT2D eigenvalue weighted by molar-refractivity contribution is 0.169. The smallest absolute Gasteiger partial charge is 0.206 e. The second-order valence-corrected chi connectivity index (χ2v) is 10.1. The first-order chi connectivity index (χ1) is 8.78. The Morgan fingerprint density at radius 2 is 2.00 bits per heavy atom. The molecule has 19 heavy (non-hydrogen) atoms. The summed E-state index contributed by atoms with van der Waals surface area (Å²) in [6.45, 7) is 7.64. The summed E-state index contributed by atoms with van der Waals surface area (Å²) in [4.78, 5) is 0. The zero-order valence-electron chi connectivity index (χ0n) is 11.6. The fourth-order valence-corrected chi connectivity index (χ4v) is 6.13. The predicted octanol–water partition coefficient (Wildman–Crippen LogP) is 4.02. The molecule has 1 fully saturated rings. The van der Waals surface area contributed by atoms with E-state index in [1.54, 1.807) is 10.4 Å². The summed E-state index contributed by atoms with van der Waals surface area (Å²) in [6, 6.07) is 1.76. The Labute approximate surface area is 128 Å². The molecule has 0 unspecified atom stereocenters. The summed E-state index contributed by atoms with van der Waals surface area (Å²) in [6.07, 6.45) is 3.02. The number of aryl methyl sites for hydroxylation is 1. The van der Waals surface area contributed by atoms with E-state index < -0.39 is 10.0 Å². The van der Waals surface area contributed by atoms with Crippen molar-refractivity contribution in [3.63, 3.8) is 0 Å². The molecule has 2 heterocycles. The van der Waals surface area contributed by atoms with Crippen molar-refractivity contribution in [1.29, 1.82) is 0 Å².